The van der Waals surface area contributed by atoms with Crippen molar-refractivity contribution in [1.29, 1.82) is 0 Å². The zero-order valence-corrected chi connectivity index (χ0v) is 13.8. The number of hydrogen-bond acceptors (Lipinski definition) is 4. The summed E-state index contributed by atoms with van der Waals surface area (Å²) in [5.41, 5.74) is 1.20. The molecule has 126 valence electrons. The number of carbonyl (C=O) groups is 2. The number of methoxy groups -OCH3 is 1. The van der Waals surface area contributed by atoms with Crippen molar-refractivity contribution < 1.29 is 14.3 Å². The van der Waals surface area contributed by atoms with Gasteiger partial charge >= 0.3 is 6.03 Å². The number of urea groups is 1. The number of carbonyl (C=O) groups excluding carboxylic acids is 2. The second kappa shape index (κ2) is 8.53. The first-order chi connectivity index (χ1) is 11.1. The third-order valence-electron chi connectivity index (χ3n) is 4.25. The highest BCUT2D eigenvalue weighted by Crippen LogP contribution is 2.25. The van der Waals surface area contributed by atoms with Crippen molar-refractivity contribution in [2.75, 3.05) is 27.2 Å². The molecule has 6 nitrogen and oxygen atoms in total. The summed E-state index contributed by atoms with van der Waals surface area (Å²) in [5, 5.41) is 4.68. The van der Waals surface area contributed by atoms with Crippen molar-refractivity contribution in [3.8, 4) is 5.75 Å². The lowest BCUT2D eigenvalue weighted by Crippen LogP contribution is -2.40. The SMILES string of the molecule is CNC(=O)NC(=O)CCN1CCCC1Cc1ccccc1OC. The highest BCUT2D eigenvalue weighted by Gasteiger charge is 2.25. The number of imide groups is 1. The standard InChI is InChI=1S/C17H25N3O3/c1-18-17(22)19-16(21)9-11-20-10-5-7-14(20)12-13-6-3-4-8-15(13)23-2/h3-4,6,8,14H,5,7,9-12H2,1-2H3,(H2,18,19,21,22). The van der Waals surface area contributed by atoms with Crippen LogP contribution >= 0.6 is 0 Å². The van der Waals surface area contributed by atoms with Gasteiger partial charge in [-0.25, -0.2) is 4.79 Å². The maximum atomic E-state index is 11.7. The first-order valence-corrected chi connectivity index (χ1v) is 8.01. The first-order valence-electron chi connectivity index (χ1n) is 8.01. The van der Waals surface area contributed by atoms with Gasteiger partial charge in [0.15, 0.2) is 0 Å². The largest absolute Gasteiger partial charge is 0.496 e. The number of nitrogens with zero attached hydrogens (tertiary/aromatic N) is 1. The molecule has 0 aromatic heterocycles. The fourth-order valence-corrected chi connectivity index (χ4v) is 3.04. The molecule has 0 saturated carbocycles. The molecule has 2 rings (SSSR count). The normalized spacial score (nSPS) is 17.7. The third kappa shape index (κ3) is 4.96. The molecule has 1 unspecified atom stereocenters. The molecule has 1 aromatic carbocycles. The van der Waals surface area contributed by atoms with Gasteiger partial charge in [-0.15, -0.1) is 0 Å². The van der Waals surface area contributed by atoms with Crippen LogP contribution in [0.3, 0.4) is 0 Å². The summed E-state index contributed by atoms with van der Waals surface area (Å²) in [4.78, 5) is 25.2. The highest BCUT2D eigenvalue weighted by molar-refractivity contribution is 5.94. The molecular weight excluding hydrogens is 294 g/mol. The van der Waals surface area contributed by atoms with Crippen LogP contribution in [0.5, 0.6) is 5.75 Å². The summed E-state index contributed by atoms with van der Waals surface area (Å²) in [6, 6.07) is 8.02. The van der Waals surface area contributed by atoms with Crippen molar-refractivity contribution in [3.05, 3.63) is 29.8 Å². The molecule has 1 atom stereocenters. The van der Waals surface area contributed by atoms with E-state index in [0.29, 0.717) is 19.0 Å². The molecule has 1 aliphatic heterocycles. The fourth-order valence-electron chi connectivity index (χ4n) is 3.04. The molecule has 1 saturated heterocycles. The van der Waals surface area contributed by atoms with Crippen LogP contribution in [0, 0.1) is 0 Å². The summed E-state index contributed by atoms with van der Waals surface area (Å²) in [5.74, 6) is 0.670. The van der Waals surface area contributed by atoms with Crippen LogP contribution in [0.2, 0.25) is 0 Å². The summed E-state index contributed by atoms with van der Waals surface area (Å²) in [6.07, 6.45) is 3.50. The van der Waals surface area contributed by atoms with Crippen LogP contribution in [0.4, 0.5) is 4.79 Å². The third-order valence-corrected chi connectivity index (χ3v) is 4.25. The van der Waals surface area contributed by atoms with Gasteiger partial charge in [0.1, 0.15) is 5.75 Å². The van der Waals surface area contributed by atoms with E-state index in [0.717, 1.165) is 31.6 Å². The average molecular weight is 319 g/mol. The first kappa shape index (κ1) is 17.3. The minimum Gasteiger partial charge on any atom is -0.496 e. The monoisotopic (exact) mass is 319 g/mol. The minimum absolute atomic E-state index is 0.243. The van der Waals surface area contributed by atoms with Gasteiger partial charge in [-0.1, -0.05) is 18.2 Å². The van der Waals surface area contributed by atoms with Gasteiger partial charge in [-0.2, -0.15) is 0 Å². The zero-order valence-electron chi connectivity index (χ0n) is 13.8. The van der Waals surface area contributed by atoms with E-state index in [1.54, 1.807) is 7.11 Å². The van der Waals surface area contributed by atoms with Gasteiger partial charge in [-0.3, -0.25) is 15.0 Å². The Kier molecular flexibility index (Phi) is 6.40. The predicted octanol–water partition coefficient (Wildman–Crippen LogP) is 1.55. The van der Waals surface area contributed by atoms with Gasteiger partial charge < -0.3 is 10.1 Å². The van der Waals surface area contributed by atoms with Crippen LogP contribution < -0.4 is 15.4 Å². The summed E-state index contributed by atoms with van der Waals surface area (Å²) < 4.78 is 5.42. The maximum absolute atomic E-state index is 11.7. The van der Waals surface area contributed by atoms with Crippen molar-refractivity contribution >= 4 is 11.9 Å². The van der Waals surface area contributed by atoms with E-state index < -0.39 is 6.03 Å². The van der Waals surface area contributed by atoms with Crippen molar-refractivity contribution in [2.45, 2.75) is 31.7 Å². The molecule has 0 spiro atoms. The van der Waals surface area contributed by atoms with E-state index in [1.165, 1.54) is 12.6 Å². The summed E-state index contributed by atoms with van der Waals surface area (Å²) >= 11 is 0. The summed E-state index contributed by atoms with van der Waals surface area (Å²) in [7, 11) is 3.18. The summed E-state index contributed by atoms with van der Waals surface area (Å²) in [6.45, 7) is 1.66. The van der Waals surface area contributed by atoms with Crippen LogP contribution in [-0.4, -0.2) is 50.1 Å². The van der Waals surface area contributed by atoms with Gasteiger partial charge in [-0.05, 0) is 37.4 Å². The van der Waals surface area contributed by atoms with Gasteiger partial charge in [0.2, 0.25) is 5.91 Å². The Labute approximate surface area is 137 Å². The van der Waals surface area contributed by atoms with Gasteiger partial charge in [0, 0.05) is 26.1 Å². The minimum atomic E-state index is -0.456. The molecule has 2 N–H and O–H groups in total. The molecule has 1 aliphatic rings. The molecule has 3 amide bonds. The molecule has 1 fully saturated rings. The van der Waals surface area contributed by atoms with E-state index in [9.17, 15) is 9.59 Å². The molecule has 0 bridgehead atoms. The van der Waals surface area contributed by atoms with E-state index >= 15 is 0 Å². The molecule has 6 heteroatoms. The lowest BCUT2D eigenvalue weighted by atomic mass is 10.0. The van der Waals surface area contributed by atoms with E-state index in [4.69, 9.17) is 4.74 Å². The van der Waals surface area contributed by atoms with Crippen molar-refractivity contribution in [1.82, 2.24) is 15.5 Å². The van der Waals surface area contributed by atoms with Crippen molar-refractivity contribution in [2.24, 2.45) is 0 Å². The Morgan fingerprint density at radius 3 is 2.87 bits per heavy atom. The van der Waals surface area contributed by atoms with Crippen molar-refractivity contribution in [3.63, 3.8) is 0 Å². The lowest BCUT2D eigenvalue weighted by molar-refractivity contribution is -0.120. The molecule has 0 radical (unpaired) electrons. The number of likely N-dealkylation sites (tertiary alicyclic amines) is 1. The number of ether oxygens (including phenoxy) is 1. The highest BCUT2D eigenvalue weighted by atomic mass is 16.5. The van der Waals surface area contributed by atoms with Crippen LogP contribution in [0.1, 0.15) is 24.8 Å². The molecule has 0 aliphatic carbocycles. The number of nitrogens with one attached hydrogen (secondary N) is 2. The van der Waals surface area contributed by atoms with Gasteiger partial charge in [0.05, 0.1) is 7.11 Å². The van der Waals surface area contributed by atoms with E-state index in [2.05, 4.69) is 21.6 Å². The number of amides is 3. The van der Waals surface area contributed by atoms with E-state index in [1.807, 2.05) is 18.2 Å². The quantitative estimate of drug-likeness (QED) is 0.834. The fraction of sp³-hybridized carbons (Fsp3) is 0.529. The Morgan fingerprint density at radius 1 is 1.35 bits per heavy atom. The number of benzene rings is 1. The Bertz CT molecular complexity index is 548. The topological polar surface area (TPSA) is 70.7 Å². The second-order valence-electron chi connectivity index (χ2n) is 5.73. The Morgan fingerprint density at radius 2 is 2.13 bits per heavy atom. The number of rotatable bonds is 6. The maximum Gasteiger partial charge on any atom is 0.321 e. The van der Waals surface area contributed by atoms with Crippen LogP contribution in [0.15, 0.2) is 24.3 Å². The molecule has 1 aromatic rings. The molecule has 1 heterocycles. The molecule has 23 heavy (non-hydrogen) atoms. The van der Waals surface area contributed by atoms with E-state index in [-0.39, 0.29) is 5.91 Å². The van der Waals surface area contributed by atoms with Crippen LogP contribution in [-0.2, 0) is 11.2 Å². The average Bonchev–Trinajstić information content (AvgIpc) is 3.00. The van der Waals surface area contributed by atoms with Crippen LogP contribution in [0.25, 0.3) is 0 Å². The number of para-hydroxylation sites is 1. The second-order valence-corrected chi connectivity index (χ2v) is 5.73. The smallest absolute Gasteiger partial charge is 0.321 e. The van der Waals surface area contributed by atoms with Gasteiger partial charge in [0.25, 0.3) is 0 Å². The Hall–Kier alpha value is -2.08. The Balaban J connectivity index is 1.88. The zero-order chi connectivity index (χ0) is 16.7. The predicted molar refractivity (Wildman–Crippen MR) is 88.5 cm³/mol. The lowest BCUT2D eigenvalue weighted by Gasteiger charge is -2.24. The number of hydrogen-bond donors (Lipinski definition) is 2. The molecular formula is C17H25N3O3.